The van der Waals surface area contributed by atoms with Gasteiger partial charge in [-0.05, 0) is 49.5 Å². The summed E-state index contributed by atoms with van der Waals surface area (Å²) >= 11 is 7.66. The Morgan fingerprint density at radius 2 is 2.11 bits per heavy atom. The number of carbonyl (C=O) groups excluding carboxylic acids is 1. The number of aryl methyl sites for hydroxylation is 1. The summed E-state index contributed by atoms with van der Waals surface area (Å²) in [5.74, 6) is -0.547. The van der Waals surface area contributed by atoms with Gasteiger partial charge in [0.05, 0.1) is 11.6 Å². The number of amides is 1. The lowest BCUT2D eigenvalue weighted by molar-refractivity contribution is -0.121. The number of rotatable bonds is 7. The average Bonchev–Trinajstić information content (AvgIpc) is 3.42. The Balaban J connectivity index is 1.38. The van der Waals surface area contributed by atoms with Gasteiger partial charge >= 0.3 is 5.76 Å². The molecule has 4 rings (SSSR count). The largest absolute Gasteiger partial charge is 0.419 e. The minimum absolute atomic E-state index is 0.0732. The van der Waals surface area contributed by atoms with E-state index in [1.54, 1.807) is 29.5 Å². The molecule has 0 unspecified atom stereocenters. The number of carbonyl (C=O) groups is 1. The monoisotopic (exact) mass is 419 g/mol. The van der Waals surface area contributed by atoms with Gasteiger partial charge in [-0.15, -0.1) is 11.3 Å². The zero-order chi connectivity index (χ0) is 19.5. The van der Waals surface area contributed by atoms with Crippen molar-refractivity contribution in [2.75, 3.05) is 19.6 Å². The van der Waals surface area contributed by atoms with Crippen LogP contribution in [0.4, 0.5) is 0 Å². The third-order valence-corrected chi connectivity index (χ3v) is 6.35. The lowest BCUT2D eigenvalue weighted by Crippen LogP contribution is -2.36. The number of benzene rings is 1. The van der Waals surface area contributed by atoms with Crippen molar-refractivity contribution in [2.24, 2.45) is 0 Å². The third-order valence-electron chi connectivity index (χ3n) is 5.14. The van der Waals surface area contributed by atoms with Crippen LogP contribution < -0.4 is 11.1 Å². The Hall–Kier alpha value is -2.09. The molecule has 1 saturated heterocycles. The molecule has 0 spiro atoms. The van der Waals surface area contributed by atoms with Crippen LogP contribution in [0.25, 0.3) is 11.1 Å². The molecule has 2 aromatic heterocycles. The van der Waals surface area contributed by atoms with E-state index in [4.69, 9.17) is 16.0 Å². The van der Waals surface area contributed by atoms with Crippen LogP contribution in [0.2, 0.25) is 5.02 Å². The van der Waals surface area contributed by atoms with Gasteiger partial charge in [-0.3, -0.25) is 14.3 Å². The normalized spacial score (nSPS) is 15.9. The molecule has 0 saturated carbocycles. The number of aromatic nitrogens is 1. The highest BCUT2D eigenvalue weighted by atomic mass is 35.5. The Morgan fingerprint density at radius 1 is 1.29 bits per heavy atom. The number of halogens is 1. The van der Waals surface area contributed by atoms with Crippen LogP contribution in [0, 0.1) is 0 Å². The topological polar surface area (TPSA) is 67.5 Å². The molecule has 0 bridgehead atoms. The lowest BCUT2D eigenvalue weighted by Gasteiger charge is -2.26. The summed E-state index contributed by atoms with van der Waals surface area (Å²) in [6.07, 6.45) is 2.63. The number of fused-ring (bicyclic) bond motifs is 1. The number of hydrogen-bond donors (Lipinski definition) is 1. The van der Waals surface area contributed by atoms with E-state index in [2.05, 4.69) is 21.7 Å². The van der Waals surface area contributed by atoms with Crippen molar-refractivity contribution in [3.05, 3.63) is 56.2 Å². The van der Waals surface area contributed by atoms with E-state index in [-0.39, 0.29) is 24.9 Å². The van der Waals surface area contributed by atoms with Crippen LogP contribution in [-0.2, 0) is 11.3 Å². The summed E-state index contributed by atoms with van der Waals surface area (Å²) in [6, 6.07) is 9.44. The van der Waals surface area contributed by atoms with Gasteiger partial charge in [0.2, 0.25) is 5.91 Å². The van der Waals surface area contributed by atoms with E-state index in [1.165, 1.54) is 22.3 Å². The maximum atomic E-state index is 12.4. The standard InChI is InChI=1S/C20H22ClN3O3S/c21-14-5-6-15-17(12-14)27-20(26)24(15)10-7-19(25)22-13-16(18-4-3-11-28-18)23-8-1-2-9-23/h3-6,11-12,16H,1-2,7-10,13H2,(H,22,25)/t16-/m0/s1. The minimum atomic E-state index is -0.474. The molecule has 1 amide bonds. The minimum Gasteiger partial charge on any atom is -0.408 e. The number of nitrogens with one attached hydrogen (secondary N) is 1. The number of thiophene rings is 1. The molecule has 0 radical (unpaired) electrons. The fraction of sp³-hybridized carbons (Fsp3) is 0.400. The third kappa shape index (κ3) is 4.16. The highest BCUT2D eigenvalue weighted by Crippen LogP contribution is 2.27. The van der Waals surface area contributed by atoms with Gasteiger partial charge in [0.1, 0.15) is 0 Å². The molecule has 148 valence electrons. The second-order valence-corrected chi connectivity index (χ2v) is 8.38. The molecule has 1 aromatic carbocycles. The summed E-state index contributed by atoms with van der Waals surface area (Å²) in [5.41, 5.74) is 1.08. The summed E-state index contributed by atoms with van der Waals surface area (Å²) in [7, 11) is 0. The fourth-order valence-corrected chi connectivity index (χ4v) is 4.73. The zero-order valence-electron chi connectivity index (χ0n) is 15.4. The van der Waals surface area contributed by atoms with Crippen LogP contribution in [0.1, 0.15) is 30.2 Å². The summed E-state index contributed by atoms with van der Waals surface area (Å²) in [4.78, 5) is 28.2. The molecule has 6 nitrogen and oxygen atoms in total. The van der Waals surface area contributed by atoms with Crippen LogP contribution in [0.15, 0.2) is 44.9 Å². The highest BCUT2D eigenvalue weighted by molar-refractivity contribution is 7.10. The van der Waals surface area contributed by atoms with Gasteiger partial charge in [-0.1, -0.05) is 17.7 Å². The van der Waals surface area contributed by atoms with Gasteiger partial charge in [0.15, 0.2) is 5.58 Å². The first kappa shape index (κ1) is 19.2. The van der Waals surface area contributed by atoms with Crippen molar-refractivity contribution in [2.45, 2.75) is 31.8 Å². The van der Waals surface area contributed by atoms with Crippen LogP contribution in [-0.4, -0.2) is 35.0 Å². The molecule has 3 aromatic rings. The SMILES string of the molecule is O=C(CCn1c(=O)oc2cc(Cl)ccc21)NC[C@@H](c1cccs1)N1CCCC1. The smallest absolute Gasteiger partial charge is 0.408 e. The fourth-order valence-electron chi connectivity index (χ4n) is 3.71. The summed E-state index contributed by atoms with van der Waals surface area (Å²) in [6.45, 7) is 2.98. The molecular weight excluding hydrogens is 398 g/mol. The Morgan fingerprint density at radius 3 is 2.86 bits per heavy atom. The van der Waals surface area contributed by atoms with Gasteiger partial charge in [0.25, 0.3) is 0 Å². The van der Waals surface area contributed by atoms with Crippen LogP contribution in [0.3, 0.4) is 0 Å². The van der Waals surface area contributed by atoms with E-state index < -0.39 is 5.76 Å². The summed E-state index contributed by atoms with van der Waals surface area (Å²) in [5, 5.41) is 5.63. The number of nitrogens with zero attached hydrogens (tertiary/aromatic N) is 2. The van der Waals surface area contributed by atoms with Crippen molar-refractivity contribution >= 4 is 39.9 Å². The van der Waals surface area contributed by atoms with Gasteiger partial charge in [-0.25, -0.2) is 4.79 Å². The predicted octanol–water partition coefficient (Wildman–Crippen LogP) is 3.65. The van der Waals surface area contributed by atoms with Crippen molar-refractivity contribution < 1.29 is 9.21 Å². The van der Waals surface area contributed by atoms with Crippen molar-refractivity contribution in [3.8, 4) is 0 Å². The summed E-state index contributed by atoms with van der Waals surface area (Å²) < 4.78 is 6.69. The molecule has 0 aliphatic carbocycles. The van der Waals surface area contributed by atoms with E-state index in [9.17, 15) is 9.59 Å². The van der Waals surface area contributed by atoms with E-state index in [1.807, 2.05) is 6.07 Å². The first-order valence-corrected chi connectivity index (χ1v) is 10.7. The number of oxazole rings is 1. The lowest BCUT2D eigenvalue weighted by atomic mass is 10.2. The number of hydrogen-bond acceptors (Lipinski definition) is 5. The molecule has 1 aliphatic heterocycles. The van der Waals surface area contributed by atoms with Gasteiger partial charge in [0, 0.05) is 35.5 Å². The van der Waals surface area contributed by atoms with E-state index in [0.29, 0.717) is 22.7 Å². The van der Waals surface area contributed by atoms with Crippen molar-refractivity contribution in [3.63, 3.8) is 0 Å². The molecule has 1 atom stereocenters. The van der Waals surface area contributed by atoms with Crippen LogP contribution in [0.5, 0.6) is 0 Å². The Kier molecular flexibility index (Phi) is 5.85. The van der Waals surface area contributed by atoms with Gasteiger partial charge in [-0.2, -0.15) is 0 Å². The number of likely N-dealkylation sites (tertiary alicyclic amines) is 1. The van der Waals surface area contributed by atoms with Crippen molar-refractivity contribution in [1.29, 1.82) is 0 Å². The molecule has 3 heterocycles. The molecule has 1 aliphatic rings. The zero-order valence-corrected chi connectivity index (χ0v) is 17.0. The Bertz CT molecular complexity index is 1010. The molecular formula is C20H22ClN3O3S. The second kappa shape index (κ2) is 8.51. The first-order valence-electron chi connectivity index (χ1n) is 9.45. The highest BCUT2D eigenvalue weighted by Gasteiger charge is 2.24. The van der Waals surface area contributed by atoms with E-state index in [0.717, 1.165) is 13.1 Å². The van der Waals surface area contributed by atoms with Gasteiger partial charge < -0.3 is 9.73 Å². The van der Waals surface area contributed by atoms with Crippen molar-refractivity contribution in [1.82, 2.24) is 14.8 Å². The molecule has 1 fully saturated rings. The Labute approximate surface area is 171 Å². The van der Waals surface area contributed by atoms with E-state index >= 15 is 0 Å². The second-order valence-electron chi connectivity index (χ2n) is 6.96. The molecule has 8 heteroatoms. The predicted molar refractivity (Wildman–Crippen MR) is 111 cm³/mol. The quantitative estimate of drug-likeness (QED) is 0.634. The molecule has 28 heavy (non-hydrogen) atoms. The maximum absolute atomic E-state index is 12.4. The van der Waals surface area contributed by atoms with Crippen LogP contribution >= 0.6 is 22.9 Å². The molecule has 1 N–H and O–H groups in total. The maximum Gasteiger partial charge on any atom is 0.419 e. The average molecular weight is 420 g/mol. The first-order chi connectivity index (χ1) is 13.6.